The summed E-state index contributed by atoms with van der Waals surface area (Å²) in [6.45, 7) is 0. The SMILES string of the molecule is COC(=O)CCC1CCC(c2cc(F)c(F)c(F)c2)CC1. The second kappa shape index (κ2) is 6.96. The van der Waals surface area contributed by atoms with Crippen LogP contribution >= 0.6 is 0 Å². The largest absolute Gasteiger partial charge is 0.469 e. The van der Waals surface area contributed by atoms with Crippen molar-refractivity contribution in [1.29, 1.82) is 0 Å². The Morgan fingerprint density at radius 1 is 1.14 bits per heavy atom. The minimum absolute atomic E-state index is 0.0592. The van der Waals surface area contributed by atoms with Crippen molar-refractivity contribution in [1.82, 2.24) is 0 Å². The standard InChI is InChI=1S/C16H19F3O2/c1-21-15(20)7-4-10-2-5-11(6-3-10)12-8-13(17)16(19)14(18)9-12/h8-11H,2-7H2,1H3. The van der Waals surface area contributed by atoms with Crippen molar-refractivity contribution in [2.24, 2.45) is 5.92 Å². The van der Waals surface area contributed by atoms with Gasteiger partial charge in [-0.25, -0.2) is 13.2 Å². The highest BCUT2D eigenvalue weighted by Crippen LogP contribution is 2.38. The third-order valence-corrected chi connectivity index (χ3v) is 4.31. The van der Waals surface area contributed by atoms with Gasteiger partial charge in [0.15, 0.2) is 17.5 Å². The predicted octanol–water partition coefficient (Wildman–Crippen LogP) is 4.33. The van der Waals surface area contributed by atoms with E-state index in [1.54, 1.807) is 0 Å². The molecule has 1 aromatic carbocycles. The van der Waals surface area contributed by atoms with Gasteiger partial charge in [-0.15, -0.1) is 0 Å². The molecular weight excluding hydrogens is 281 g/mol. The fraction of sp³-hybridized carbons (Fsp3) is 0.562. The zero-order valence-corrected chi connectivity index (χ0v) is 12.0. The van der Waals surface area contributed by atoms with Crippen molar-refractivity contribution in [3.05, 3.63) is 35.1 Å². The van der Waals surface area contributed by atoms with Gasteiger partial charge in [-0.1, -0.05) is 0 Å². The highest BCUT2D eigenvalue weighted by Gasteiger charge is 2.24. The number of methoxy groups -OCH3 is 1. The molecule has 0 aliphatic heterocycles. The first-order valence-electron chi connectivity index (χ1n) is 7.22. The first-order chi connectivity index (χ1) is 10.0. The van der Waals surface area contributed by atoms with Gasteiger partial charge >= 0.3 is 5.97 Å². The van der Waals surface area contributed by atoms with Crippen LogP contribution in [0.25, 0.3) is 0 Å². The fourth-order valence-corrected chi connectivity index (χ4v) is 3.02. The first-order valence-corrected chi connectivity index (χ1v) is 7.22. The van der Waals surface area contributed by atoms with Gasteiger partial charge < -0.3 is 4.74 Å². The van der Waals surface area contributed by atoms with E-state index in [0.29, 0.717) is 17.9 Å². The van der Waals surface area contributed by atoms with Gasteiger partial charge in [0, 0.05) is 6.42 Å². The van der Waals surface area contributed by atoms with E-state index in [4.69, 9.17) is 0 Å². The number of hydrogen-bond acceptors (Lipinski definition) is 2. The second-order valence-corrected chi connectivity index (χ2v) is 5.63. The molecule has 0 bridgehead atoms. The van der Waals surface area contributed by atoms with Gasteiger partial charge in [0.05, 0.1) is 7.11 Å². The molecule has 1 aliphatic carbocycles. The van der Waals surface area contributed by atoms with E-state index in [0.717, 1.165) is 44.2 Å². The van der Waals surface area contributed by atoms with Crippen molar-refractivity contribution in [2.45, 2.75) is 44.4 Å². The lowest BCUT2D eigenvalue weighted by molar-refractivity contribution is -0.141. The quantitative estimate of drug-likeness (QED) is 0.611. The Hall–Kier alpha value is -1.52. The van der Waals surface area contributed by atoms with Crippen molar-refractivity contribution >= 4 is 5.97 Å². The van der Waals surface area contributed by atoms with Gasteiger partial charge in [-0.05, 0) is 61.6 Å². The van der Waals surface area contributed by atoms with Crippen LogP contribution in [0.4, 0.5) is 13.2 Å². The van der Waals surface area contributed by atoms with E-state index >= 15 is 0 Å². The molecule has 0 unspecified atom stereocenters. The number of hydrogen-bond donors (Lipinski definition) is 0. The molecule has 0 atom stereocenters. The predicted molar refractivity (Wildman–Crippen MR) is 72.3 cm³/mol. The minimum Gasteiger partial charge on any atom is -0.469 e. The lowest BCUT2D eigenvalue weighted by atomic mass is 9.77. The molecule has 2 rings (SSSR count). The Balaban J connectivity index is 1.90. The number of ether oxygens (including phenoxy) is 1. The van der Waals surface area contributed by atoms with Crippen LogP contribution in [0.1, 0.15) is 50.0 Å². The Kier molecular flexibility index (Phi) is 5.26. The van der Waals surface area contributed by atoms with Crippen LogP contribution in [0.5, 0.6) is 0 Å². The average molecular weight is 300 g/mol. The summed E-state index contributed by atoms with van der Waals surface area (Å²) in [4.78, 5) is 11.1. The van der Waals surface area contributed by atoms with Crippen LogP contribution in [0.15, 0.2) is 12.1 Å². The Morgan fingerprint density at radius 2 is 1.71 bits per heavy atom. The Bertz CT molecular complexity index is 485. The maximum Gasteiger partial charge on any atom is 0.305 e. The van der Waals surface area contributed by atoms with E-state index < -0.39 is 17.5 Å². The monoisotopic (exact) mass is 300 g/mol. The second-order valence-electron chi connectivity index (χ2n) is 5.63. The summed E-state index contributed by atoms with van der Waals surface area (Å²) >= 11 is 0. The summed E-state index contributed by atoms with van der Waals surface area (Å²) in [5, 5.41) is 0. The normalized spacial score (nSPS) is 22.1. The van der Waals surface area contributed by atoms with E-state index in [9.17, 15) is 18.0 Å². The number of carbonyl (C=O) groups is 1. The molecule has 1 aromatic rings. The molecule has 0 N–H and O–H groups in total. The van der Waals surface area contributed by atoms with Crippen LogP contribution in [0.2, 0.25) is 0 Å². The summed E-state index contributed by atoms with van der Waals surface area (Å²) in [6, 6.07) is 2.19. The van der Waals surface area contributed by atoms with Crippen LogP contribution in [0.3, 0.4) is 0 Å². The van der Waals surface area contributed by atoms with Gasteiger partial charge in [0.2, 0.25) is 0 Å². The maximum absolute atomic E-state index is 13.3. The summed E-state index contributed by atoms with van der Waals surface area (Å²) in [5.41, 5.74) is 0.526. The van der Waals surface area contributed by atoms with Gasteiger partial charge in [-0.3, -0.25) is 4.79 Å². The fourth-order valence-electron chi connectivity index (χ4n) is 3.02. The highest BCUT2D eigenvalue weighted by atomic mass is 19.2. The zero-order chi connectivity index (χ0) is 15.4. The summed E-state index contributed by atoms with van der Waals surface area (Å²) in [5.74, 6) is -3.37. The lowest BCUT2D eigenvalue weighted by Gasteiger charge is -2.28. The summed E-state index contributed by atoms with van der Waals surface area (Å²) < 4.78 is 44.1. The molecule has 1 fully saturated rings. The smallest absolute Gasteiger partial charge is 0.305 e. The molecule has 0 heterocycles. The Labute approximate surface area is 122 Å². The van der Waals surface area contributed by atoms with Crippen LogP contribution in [-0.4, -0.2) is 13.1 Å². The minimum atomic E-state index is -1.41. The number of benzene rings is 1. The molecule has 0 spiro atoms. The third kappa shape index (κ3) is 3.99. The molecule has 5 heteroatoms. The molecule has 0 aromatic heterocycles. The molecular formula is C16H19F3O2. The highest BCUT2D eigenvalue weighted by molar-refractivity contribution is 5.69. The van der Waals surface area contributed by atoms with E-state index in [-0.39, 0.29) is 11.9 Å². The molecule has 1 saturated carbocycles. The van der Waals surface area contributed by atoms with Crippen molar-refractivity contribution in [3.63, 3.8) is 0 Å². The van der Waals surface area contributed by atoms with Gasteiger partial charge in [-0.2, -0.15) is 0 Å². The van der Waals surface area contributed by atoms with Crippen molar-refractivity contribution in [3.8, 4) is 0 Å². The van der Waals surface area contributed by atoms with Crippen LogP contribution < -0.4 is 0 Å². The van der Waals surface area contributed by atoms with E-state index in [1.165, 1.54) is 7.11 Å². The average Bonchev–Trinajstić information content (AvgIpc) is 2.50. The van der Waals surface area contributed by atoms with E-state index in [2.05, 4.69) is 4.74 Å². The van der Waals surface area contributed by atoms with Crippen LogP contribution in [-0.2, 0) is 9.53 Å². The number of carbonyl (C=O) groups excluding carboxylic acids is 1. The molecule has 0 amide bonds. The molecule has 116 valence electrons. The first kappa shape index (κ1) is 15.9. The maximum atomic E-state index is 13.3. The topological polar surface area (TPSA) is 26.3 Å². The van der Waals surface area contributed by atoms with E-state index in [1.807, 2.05) is 0 Å². The Morgan fingerprint density at radius 3 is 2.24 bits per heavy atom. The number of rotatable bonds is 4. The molecule has 0 radical (unpaired) electrons. The zero-order valence-electron chi connectivity index (χ0n) is 12.0. The third-order valence-electron chi connectivity index (χ3n) is 4.31. The van der Waals surface area contributed by atoms with Crippen molar-refractivity contribution < 1.29 is 22.7 Å². The van der Waals surface area contributed by atoms with Gasteiger partial charge in [0.1, 0.15) is 0 Å². The number of esters is 1. The molecule has 1 aliphatic rings. The van der Waals surface area contributed by atoms with Crippen LogP contribution in [0, 0.1) is 23.4 Å². The summed E-state index contributed by atoms with van der Waals surface area (Å²) in [6.07, 6.45) is 4.61. The molecule has 2 nitrogen and oxygen atoms in total. The summed E-state index contributed by atoms with van der Waals surface area (Å²) in [7, 11) is 1.37. The number of halogens is 3. The molecule has 0 saturated heterocycles. The molecule has 21 heavy (non-hydrogen) atoms. The van der Waals surface area contributed by atoms with Crippen molar-refractivity contribution in [2.75, 3.05) is 7.11 Å². The van der Waals surface area contributed by atoms with Gasteiger partial charge in [0.25, 0.3) is 0 Å². The lowest BCUT2D eigenvalue weighted by Crippen LogP contribution is -2.15.